The van der Waals surface area contributed by atoms with E-state index in [1.54, 1.807) is 12.1 Å². The number of benzene rings is 3. The van der Waals surface area contributed by atoms with Crippen LogP contribution in [0.3, 0.4) is 0 Å². The minimum atomic E-state index is 0. The molecule has 0 saturated carbocycles. The van der Waals surface area contributed by atoms with Crippen molar-refractivity contribution in [2.45, 2.75) is 19.4 Å². The molecule has 0 aromatic heterocycles. The zero-order valence-electron chi connectivity index (χ0n) is 20.3. The smallest absolute Gasteiger partial charge is 0.115 e. The molecule has 1 heterocycles. The molecule has 6 heteroatoms. The summed E-state index contributed by atoms with van der Waals surface area (Å²) in [4.78, 5) is 4.90. The Balaban J connectivity index is 0.00000216. The average Bonchev–Trinajstić information content (AvgIpc) is 2.85. The predicted molar refractivity (Wildman–Crippen MR) is 150 cm³/mol. The van der Waals surface area contributed by atoms with Gasteiger partial charge in [-0.2, -0.15) is 0 Å². The first kappa shape index (κ1) is 28.9. The summed E-state index contributed by atoms with van der Waals surface area (Å²) in [6.07, 6.45) is 1.48. The first-order valence-electron chi connectivity index (χ1n) is 11.8. The van der Waals surface area contributed by atoms with E-state index in [2.05, 4.69) is 65.4 Å². The number of aliphatic hydroxyl groups excluding tert-OH is 1. The summed E-state index contributed by atoms with van der Waals surface area (Å²) < 4.78 is 0. The van der Waals surface area contributed by atoms with Crippen molar-refractivity contribution in [1.29, 1.82) is 0 Å². The molecule has 4 nitrogen and oxygen atoms in total. The summed E-state index contributed by atoms with van der Waals surface area (Å²) >= 11 is 0. The van der Waals surface area contributed by atoms with Crippen LogP contribution in [0.4, 0.5) is 0 Å². The molecule has 35 heavy (non-hydrogen) atoms. The third kappa shape index (κ3) is 7.83. The number of hydrogen-bond acceptors (Lipinski definition) is 4. The molecule has 3 aromatic rings. The van der Waals surface area contributed by atoms with E-state index in [1.165, 1.54) is 11.1 Å². The summed E-state index contributed by atoms with van der Waals surface area (Å²) in [5, 5.41) is 19.4. The van der Waals surface area contributed by atoms with Crippen molar-refractivity contribution < 1.29 is 10.2 Å². The molecule has 0 aliphatic carbocycles. The molecule has 4 rings (SSSR count). The summed E-state index contributed by atoms with van der Waals surface area (Å²) in [5.41, 5.74) is 7.07. The van der Waals surface area contributed by atoms with E-state index in [9.17, 15) is 10.2 Å². The van der Waals surface area contributed by atoms with E-state index in [0.717, 1.165) is 61.4 Å². The zero-order valence-corrected chi connectivity index (χ0v) is 21.9. The molecule has 3 aromatic carbocycles. The SMILES string of the molecule is CN1CCN(Cc2ccc(/C(=C(/CCCO)c3ccccc3)c3ccc(O)cc3)cc2)CC1.Cl.Cl. The molecule has 1 aliphatic heterocycles. The minimum Gasteiger partial charge on any atom is -0.508 e. The predicted octanol–water partition coefficient (Wildman–Crippen LogP) is 5.71. The van der Waals surface area contributed by atoms with Crippen LogP contribution in [0.1, 0.15) is 35.1 Å². The standard InChI is InChI=1S/C29H34N2O2.2ClH/c1-30-17-19-31(20-18-30)22-23-9-11-25(12-10-23)29(26-13-15-27(33)16-14-26)28(8-5-21-32)24-6-3-2-4-7-24;;/h2-4,6-7,9-16,32-33H,5,8,17-22H2,1H3;2*1H/b29-28+;;. The fourth-order valence-electron chi connectivity index (χ4n) is 4.49. The normalized spacial score (nSPS) is 15.0. The summed E-state index contributed by atoms with van der Waals surface area (Å²) in [6, 6.07) is 26.8. The van der Waals surface area contributed by atoms with E-state index in [0.29, 0.717) is 6.42 Å². The fraction of sp³-hybridized carbons (Fsp3) is 0.310. The van der Waals surface area contributed by atoms with Crippen LogP contribution in [-0.4, -0.2) is 59.8 Å². The van der Waals surface area contributed by atoms with Gasteiger partial charge in [-0.25, -0.2) is 0 Å². The molecule has 1 aliphatic rings. The molecule has 0 unspecified atom stereocenters. The second-order valence-electron chi connectivity index (χ2n) is 8.87. The number of phenolic OH excluding ortho intramolecular Hbond substituents is 1. The highest BCUT2D eigenvalue weighted by Gasteiger charge is 2.16. The van der Waals surface area contributed by atoms with Crippen molar-refractivity contribution in [3.05, 3.63) is 101 Å². The molecule has 188 valence electrons. The number of likely N-dealkylation sites (N-methyl/N-ethyl adjacent to an activating group) is 1. The van der Waals surface area contributed by atoms with Crippen molar-refractivity contribution in [1.82, 2.24) is 9.80 Å². The average molecular weight is 516 g/mol. The van der Waals surface area contributed by atoms with Crippen LogP contribution in [0.5, 0.6) is 5.75 Å². The van der Waals surface area contributed by atoms with Crippen LogP contribution >= 0.6 is 24.8 Å². The number of phenols is 1. The van der Waals surface area contributed by atoms with Gasteiger partial charge < -0.3 is 15.1 Å². The number of rotatable bonds is 8. The van der Waals surface area contributed by atoms with Crippen LogP contribution in [0, 0.1) is 0 Å². The molecular formula is C29H36Cl2N2O2. The molecule has 0 atom stereocenters. The highest BCUT2D eigenvalue weighted by molar-refractivity contribution is 5.98. The van der Waals surface area contributed by atoms with E-state index in [4.69, 9.17) is 0 Å². The maximum Gasteiger partial charge on any atom is 0.115 e. The van der Waals surface area contributed by atoms with Crippen molar-refractivity contribution in [2.75, 3.05) is 39.8 Å². The number of piperazine rings is 1. The van der Waals surface area contributed by atoms with Gasteiger partial charge >= 0.3 is 0 Å². The third-order valence-electron chi connectivity index (χ3n) is 6.41. The highest BCUT2D eigenvalue weighted by Crippen LogP contribution is 2.36. The van der Waals surface area contributed by atoms with Gasteiger partial charge in [0.15, 0.2) is 0 Å². The number of allylic oxidation sites excluding steroid dienone is 1. The van der Waals surface area contributed by atoms with Gasteiger partial charge in [-0.3, -0.25) is 4.90 Å². The van der Waals surface area contributed by atoms with Crippen LogP contribution in [0.2, 0.25) is 0 Å². The molecule has 2 N–H and O–H groups in total. The Hall–Kier alpha value is -2.34. The second-order valence-corrected chi connectivity index (χ2v) is 8.87. The Kier molecular flexibility index (Phi) is 11.8. The van der Waals surface area contributed by atoms with E-state index in [1.807, 2.05) is 18.2 Å². The quantitative estimate of drug-likeness (QED) is 0.377. The molecule has 1 saturated heterocycles. The molecule has 0 bridgehead atoms. The summed E-state index contributed by atoms with van der Waals surface area (Å²) in [5.74, 6) is 0.261. The van der Waals surface area contributed by atoms with Crippen LogP contribution in [-0.2, 0) is 6.54 Å². The Morgan fingerprint density at radius 1 is 0.743 bits per heavy atom. The van der Waals surface area contributed by atoms with Gasteiger partial charge in [-0.05, 0) is 65.4 Å². The lowest BCUT2D eigenvalue weighted by Gasteiger charge is -2.32. The van der Waals surface area contributed by atoms with Crippen LogP contribution in [0.25, 0.3) is 11.1 Å². The van der Waals surface area contributed by atoms with Crippen molar-refractivity contribution in [3.63, 3.8) is 0 Å². The highest BCUT2D eigenvalue weighted by atomic mass is 35.5. The Morgan fingerprint density at radius 3 is 1.89 bits per heavy atom. The van der Waals surface area contributed by atoms with Crippen LogP contribution in [0.15, 0.2) is 78.9 Å². The number of aliphatic hydroxyl groups is 1. The largest absolute Gasteiger partial charge is 0.508 e. The molecule has 1 fully saturated rings. The maximum atomic E-state index is 9.86. The number of aromatic hydroxyl groups is 1. The van der Waals surface area contributed by atoms with E-state index >= 15 is 0 Å². The Labute approximate surface area is 221 Å². The molecule has 0 spiro atoms. The molecule has 0 radical (unpaired) electrons. The lowest BCUT2D eigenvalue weighted by molar-refractivity contribution is 0.148. The topological polar surface area (TPSA) is 46.9 Å². The van der Waals surface area contributed by atoms with E-state index < -0.39 is 0 Å². The first-order chi connectivity index (χ1) is 16.1. The number of halogens is 2. The van der Waals surface area contributed by atoms with Gasteiger partial charge in [-0.15, -0.1) is 24.8 Å². The van der Waals surface area contributed by atoms with E-state index in [-0.39, 0.29) is 37.2 Å². The molecular weight excluding hydrogens is 479 g/mol. The Bertz CT molecular complexity index is 1050. The lowest BCUT2D eigenvalue weighted by Crippen LogP contribution is -2.43. The first-order valence-corrected chi connectivity index (χ1v) is 11.8. The number of hydrogen-bond donors (Lipinski definition) is 2. The third-order valence-corrected chi connectivity index (χ3v) is 6.41. The van der Waals surface area contributed by atoms with Gasteiger partial charge in [0.25, 0.3) is 0 Å². The minimum absolute atomic E-state index is 0. The summed E-state index contributed by atoms with van der Waals surface area (Å²) in [6.45, 7) is 5.59. The zero-order chi connectivity index (χ0) is 23.0. The van der Waals surface area contributed by atoms with Gasteiger partial charge in [0.2, 0.25) is 0 Å². The van der Waals surface area contributed by atoms with Crippen molar-refractivity contribution >= 4 is 36.0 Å². The van der Waals surface area contributed by atoms with Crippen LogP contribution < -0.4 is 0 Å². The van der Waals surface area contributed by atoms with Gasteiger partial charge in [0, 0.05) is 39.3 Å². The van der Waals surface area contributed by atoms with Gasteiger partial charge in [-0.1, -0.05) is 66.7 Å². The maximum absolute atomic E-state index is 9.86. The monoisotopic (exact) mass is 514 g/mol. The molecule has 0 amide bonds. The lowest BCUT2D eigenvalue weighted by atomic mass is 9.87. The summed E-state index contributed by atoms with van der Waals surface area (Å²) in [7, 11) is 2.18. The van der Waals surface area contributed by atoms with Gasteiger partial charge in [0.05, 0.1) is 0 Å². The van der Waals surface area contributed by atoms with Crippen molar-refractivity contribution in [3.8, 4) is 5.75 Å². The second kappa shape index (κ2) is 14.3. The fourth-order valence-corrected chi connectivity index (χ4v) is 4.49. The Morgan fingerprint density at radius 2 is 1.31 bits per heavy atom. The van der Waals surface area contributed by atoms with Crippen molar-refractivity contribution in [2.24, 2.45) is 0 Å². The van der Waals surface area contributed by atoms with Gasteiger partial charge in [0.1, 0.15) is 5.75 Å². The number of nitrogens with zero attached hydrogens (tertiary/aromatic N) is 2.